The molecule has 0 unspecified atom stereocenters. The molecule has 0 fully saturated rings. The summed E-state index contributed by atoms with van der Waals surface area (Å²) in [6.07, 6.45) is 0. The summed E-state index contributed by atoms with van der Waals surface area (Å²) in [5.41, 5.74) is 2.33. The summed E-state index contributed by atoms with van der Waals surface area (Å²) < 4.78 is 0. The van der Waals surface area contributed by atoms with E-state index < -0.39 is 0 Å². The van der Waals surface area contributed by atoms with E-state index in [1.165, 1.54) is 11.3 Å². The lowest BCUT2D eigenvalue weighted by atomic mass is 10.1. The summed E-state index contributed by atoms with van der Waals surface area (Å²) in [5.74, 6) is 0.208. The van der Waals surface area contributed by atoms with Crippen LogP contribution in [0.2, 0.25) is 0 Å². The average molecular weight is 287 g/mol. The molecule has 0 spiro atoms. The lowest BCUT2D eigenvalue weighted by molar-refractivity contribution is 0.101. The van der Waals surface area contributed by atoms with Crippen molar-refractivity contribution in [1.29, 1.82) is 0 Å². The van der Waals surface area contributed by atoms with E-state index >= 15 is 0 Å². The summed E-state index contributed by atoms with van der Waals surface area (Å²) in [6.45, 7) is 5.80. The number of Topliss-reactive ketones (excluding diaryl/α,β-unsaturated/α-hetero) is 1. The van der Waals surface area contributed by atoms with Crippen LogP contribution in [0.25, 0.3) is 0 Å². The van der Waals surface area contributed by atoms with Gasteiger partial charge in [-0.05, 0) is 50.6 Å². The van der Waals surface area contributed by atoms with E-state index in [4.69, 9.17) is 0 Å². The fourth-order valence-corrected chi connectivity index (χ4v) is 2.68. The number of aliphatic imine (C=N–C) groups is 1. The summed E-state index contributed by atoms with van der Waals surface area (Å²) >= 11 is 1.48. The molecule has 0 radical (unpaired) electrons. The zero-order valence-corrected chi connectivity index (χ0v) is 12.6. The molecule has 3 nitrogen and oxygen atoms in total. The van der Waals surface area contributed by atoms with Crippen LogP contribution in [-0.4, -0.2) is 23.1 Å². The number of benzene rings is 1. The zero-order valence-electron chi connectivity index (χ0n) is 11.8. The van der Waals surface area contributed by atoms with Crippen molar-refractivity contribution >= 4 is 22.8 Å². The number of carbonyl (C=O) groups is 1. The van der Waals surface area contributed by atoms with Crippen LogP contribution in [0.3, 0.4) is 0 Å². The van der Waals surface area contributed by atoms with Crippen LogP contribution in [0.4, 0.5) is 0 Å². The van der Waals surface area contributed by atoms with Gasteiger partial charge in [-0.25, -0.2) is 0 Å². The summed E-state index contributed by atoms with van der Waals surface area (Å²) in [7, 11) is 0. The third kappa shape index (κ3) is 3.33. The van der Waals surface area contributed by atoms with Crippen molar-refractivity contribution in [2.75, 3.05) is 6.54 Å². The maximum absolute atomic E-state index is 12.0. The number of phenolic OH excluding ortho intramolecular Hbond substituents is 1. The Kier molecular flexibility index (Phi) is 4.35. The fraction of sp³-hybridized carbons (Fsp3) is 0.250. The number of thiophene rings is 1. The van der Waals surface area contributed by atoms with Crippen LogP contribution in [0.5, 0.6) is 5.75 Å². The summed E-state index contributed by atoms with van der Waals surface area (Å²) in [5, 5.41) is 9.88. The number of aryl methyl sites for hydroxylation is 2. The van der Waals surface area contributed by atoms with Crippen molar-refractivity contribution in [3.8, 4) is 5.75 Å². The number of ketones is 1. The quantitative estimate of drug-likeness (QED) is 0.687. The van der Waals surface area contributed by atoms with Crippen LogP contribution in [-0.2, 0) is 0 Å². The molecule has 0 atom stereocenters. The van der Waals surface area contributed by atoms with E-state index in [1.54, 1.807) is 13.0 Å². The monoisotopic (exact) mass is 287 g/mol. The molecule has 0 aliphatic carbocycles. The Hall–Kier alpha value is -1.94. The number of phenols is 1. The highest BCUT2D eigenvalue weighted by Gasteiger charge is 2.09. The molecule has 0 saturated carbocycles. The lowest BCUT2D eigenvalue weighted by Crippen LogP contribution is -2.05. The molecule has 0 saturated heterocycles. The third-order valence-electron chi connectivity index (χ3n) is 3.02. The topological polar surface area (TPSA) is 49.7 Å². The van der Waals surface area contributed by atoms with Crippen molar-refractivity contribution in [2.45, 2.75) is 20.8 Å². The first kappa shape index (κ1) is 14.5. The van der Waals surface area contributed by atoms with Crippen LogP contribution in [0, 0.1) is 13.8 Å². The first-order valence-corrected chi connectivity index (χ1v) is 7.19. The molecule has 1 heterocycles. The Bertz CT molecular complexity index is 671. The van der Waals surface area contributed by atoms with Crippen LogP contribution >= 0.6 is 11.3 Å². The van der Waals surface area contributed by atoms with Gasteiger partial charge in [-0.2, -0.15) is 0 Å². The Morgan fingerprint density at radius 1 is 1.25 bits per heavy atom. The molecule has 2 rings (SSSR count). The smallest absolute Gasteiger partial charge is 0.194 e. The molecule has 1 N–H and O–H groups in total. The van der Waals surface area contributed by atoms with Gasteiger partial charge >= 0.3 is 0 Å². The van der Waals surface area contributed by atoms with E-state index in [9.17, 15) is 9.90 Å². The standard InChI is InChI=1S/C16H17NO2S/c1-10-4-6-13(14(18)8-10)12(3)17-9-15(19)16-7-5-11(2)20-16/h4-8,18H,9H2,1-3H3. The predicted octanol–water partition coefficient (Wildman–Crippen LogP) is 3.76. The number of rotatable bonds is 4. The number of nitrogens with zero attached hydrogens (tertiary/aromatic N) is 1. The number of hydrogen-bond donors (Lipinski definition) is 1. The molecule has 1 aromatic carbocycles. The maximum atomic E-state index is 12.0. The van der Waals surface area contributed by atoms with Gasteiger partial charge in [-0.15, -0.1) is 11.3 Å². The fourth-order valence-electron chi connectivity index (χ4n) is 1.89. The number of aromatic hydroxyl groups is 1. The van der Waals surface area contributed by atoms with Crippen molar-refractivity contribution in [3.63, 3.8) is 0 Å². The Morgan fingerprint density at radius 2 is 2.00 bits per heavy atom. The van der Waals surface area contributed by atoms with Gasteiger partial charge in [0.05, 0.1) is 4.88 Å². The first-order chi connectivity index (χ1) is 9.47. The highest BCUT2D eigenvalue weighted by atomic mass is 32.1. The molecule has 0 bridgehead atoms. The second-order valence-corrected chi connectivity index (χ2v) is 6.04. The van der Waals surface area contributed by atoms with Crippen molar-refractivity contribution in [2.24, 2.45) is 4.99 Å². The number of hydrogen-bond acceptors (Lipinski definition) is 4. The van der Waals surface area contributed by atoms with E-state index in [0.717, 1.165) is 15.3 Å². The SMILES string of the molecule is CC(=NCC(=O)c1ccc(C)s1)c1ccc(C)cc1O. The molecule has 2 aromatic rings. The van der Waals surface area contributed by atoms with Crippen molar-refractivity contribution in [3.05, 3.63) is 51.2 Å². The molecule has 4 heteroatoms. The predicted molar refractivity (Wildman–Crippen MR) is 83.3 cm³/mol. The van der Waals surface area contributed by atoms with Gasteiger partial charge in [0.1, 0.15) is 12.3 Å². The first-order valence-electron chi connectivity index (χ1n) is 6.38. The number of carbonyl (C=O) groups excluding carboxylic acids is 1. The Morgan fingerprint density at radius 3 is 2.60 bits per heavy atom. The van der Waals surface area contributed by atoms with Gasteiger partial charge in [-0.3, -0.25) is 9.79 Å². The Labute approximate surface area is 122 Å². The van der Waals surface area contributed by atoms with Gasteiger partial charge in [0.2, 0.25) is 0 Å². The second-order valence-electron chi connectivity index (χ2n) is 4.76. The highest BCUT2D eigenvalue weighted by Crippen LogP contribution is 2.20. The molecule has 0 amide bonds. The normalized spacial score (nSPS) is 11.7. The van der Waals surface area contributed by atoms with Gasteiger partial charge in [0.15, 0.2) is 5.78 Å². The van der Waals surface area contributed by atoms with Gasteiger partial charge < -0.3 is 5.11 Å². The van der Waals surface area contributed by atoms with E-state index in [2.05, 4.69) is 4.99 Å². The maximum Gasteiger partial charge on any atom is 0.194 e. The zero-order chi connectivity index (χ0) is 14.7. The third-order valence-corrected chi connectivity index (χ3v) is 4.06. The summed E-state index contributed by atoms with van der Waals surface area (Å²) in [6, 6.07) is 9.19. The molecular formula is C16H17NO2S. The Balaban J connectivity index is 2.13. The van der Waals surface area contributed by atoms with Crippen LogP contribution < -0.4 is 0 Å². The van der Waals surface area contributed by atoms with Crippen molar-refractivity contribution in [1.82, 2.24) is 0 Å². The van der Waals surface area contributed by atoms with Gasteiger partial charge in [0, 0.05) is 16.2 Å². The highest BCUT2D eigenvalue weighted by molar-refractivity contribution is 7.14. The van der Waals surface area contributed by atoms with Crippen LogP contribution in [0.1, 0.15) is 32.6 Å². The van der Waals surface area contributed by atoms with E-state index in [-0.39, 0.29) is 18.1 Å². The van der Waals surface area contributed by atoms with Gasteiger partial charge in [0.25, 0.3) is 0 Å². The second kappa shape index (κ2) is 6.01. The average Bonchev–Trinajstić information content (AvgIpc) is 2.82. The van der Waals surface area contributed by atoms with E-state index in [1.807, 2.05) is 38.1 Å². The molecular weight excluding hydrogens is 270 g/mol. The molecule has 1 aromatic heterocycles. The molecule has 20 heavy (non-hydrogen) atoms. The minimum absolute atomic E-state index is 0.00838. The lowest BCUT2D eigenvalue weighted by Gasteiger charge is -2.05. The van der Waals surface area contributed by atoms with Crippen LogP contribution in [0.15, 0.2) is 35.3 Å². The molecule has 0 aliphatic rings. The minimum atomic E-state index is 0.00838. The van der Waals surface area contributed by atoms with E-state index in [0.29, 0.717) is 11.3 Å². The molecule has 0 aliphatic heterocycles. The largest absolute Gasteiger partial charge is 0.507 e. The van der Waals surface area contributed by atoms with Gasteiger partial charge in [-0.1, -0.05) is 6.07 Å². The minimum Gasteiger partial charge on any atom is -0.507 e. The van der Waals surface area contributed by atoms with Crippen molar-refractivity contribution < 1.29 is 9.90 Å². The molecule has 104 valence electrons. The summed E-state index contributed by atoms with van der Waals surface area (Å²) in [4.78, 5) is 18.1.